The molecule has 0 fully saturated rings. The fourth-order valence-corrected chi connectivity index (χ4v) is 3.63. The quantitative estimate of drug-likeness (QED) is 0.187. The van der Waals surface area contributed by atoms with E-state index in [-0.39, 0.29) is 11.9 Å². The molecule has 0 aliphatic carbocycles. The molecule has 0 radical (unpaired) electrons. The lowest BCUT2D eigenvalue weighted by molar-refractivity contribution is -0.149. The average Bonchev–Trinajstić information content (AvgIpc) is 2.72. The van der Waals surface area contributed by atoms with Crippen LogP contribution in [0, 0.1) is 5.92 Å². The highest BCUT2D eigenvalue weighted by atomic mass is 16.5. The number of rotatable bonds is 18. The van der Waals surface area contributed by atoms with E-state index in [1.807, 2.05) is 37.3 Å². The van der Waals surface area contributed by atoms with Crippen LogP contribution in [-0.4, -0.2) is 5.97 Å². The number of unbranched alkanes of at least 4 members (excludes halogenated alkanes) is 13. The van der Waals surface area contributed by atoms with Crippen molar-refractivity contribution < 1.29 is 9.53 Å². The van der Waals surface area contributed by atoms with Crippen LogP contribution in [0.2, 0.25) is 0 Å². The zero-order valence-electron chi connectivity index (χ0n) is 18.6. The summed E-state index contributed by atoms with van der Waals surface area (Å²) >= 11 is 0. The third-order valence-corrected chi connectivity index (χ3v) is 5.62. The molecule has 1 rings (SSSR count). The van der Waals surface area contributed by atoms with Gasteiger partial charge in [0.25, 0.3) is 0 Å². The molecule has 1 aromatic carbocycles. The van der Waals surface area contributed by atoms with Crippen LogP contribution in [-0.2, 0) is 16.1 Å². The minimum absolute atomic E-state index is 0.0149. The van der Waals surface area contributed by atoms with Crippen LogP contribution in [0.5, 0.6) is 0 Å². The van der Waals surface area contributed by atoms with Crippen LogP contribution in [0.15, 0.2) is 30.3 Å². The molecule has 0 N–H and O–H groups in total. The number of esters is 1. The van der Waals surface area contributed by atoms with Crippen molar-refractivity contribution in [3.63, 3.8) is 0 Å². The summed E-state index contributed by atoms with van der Waals surface area (Å²) in [6, 6.07) is 9.91. The molecule has 2 heteroatoms. The van der Waals surface area contributed by atoms with Crippen LogP contribution < -0.4 is 0 Å². The lowest BCUT2D eigenvalue weighted by Crippen LogP contribution is -2.14. The highest BCUT2D eigenvalue weighted by Gasteiger charge is 2.13. The number of benzene rings is 1. The van der Waals surface area contributed by atoms with Gasteiger partial charge in [-0.05, 0) is 12.0 Å². The largest absolute Gasteiger partial charge is 0.461 e. The van der Waals surface area contributed by atoms with Crippen molar-refractivity contribution >= 4 is 5.97 Å². The smallest absolute Gasteiger partial charge is 0.308 e. The molecule has 0 amide bonds. The van der Waals surface area contributed by atoms with Gasteiger partial charge in [-0.25, -0.2) is 0 Å². The maximum absolute atomic E-state index is 12.1. The van der Waals surface area contributed by atoms with Crippen molar-refractivity contribution in [3.8, 4) is 0 Å². The zero-order chi connectivity index (χ0) is 20.3. The van der Waals surface area contributed by atoms with Gasteiger partial charge >= 0.3 is 5.97 Å². The van der Waals surface area contributed by atoms with E-state index in [2.05, 4.69) is 6.92 Å². The highest BCUT2D eigenvalue weighted by molar-refractivity contribution is 5.71. The summed E-state index contributed by atoms with van der Waals surface area (Å²) in [4.78, 5) is 12.1. The van der Waals surface area contributed by atoms with E-state index in [1.165, 1.54) is 83.5 Å². The molecule has 1 aromatic rings. The Hall–Kier alpha value is -1.31. The normalized spacial score (nSPS) is 12.1. The standard InChI is InChI=1S/C26H44O2/c1-3-4-5-6-7-8-9-10-11-12-13-14-15-17-20-24(2)26(27)28-23-25-21-18-16-19-22-25/h16,18-19,21-22,24H,3-15,17,20,23H2,1-2H3. The lowest BCUT2D eigenvalue weighted by atomic mass is 10.0. The van der Waals surface area contributed by atoms with Crippen molar-refractivity contribution in [1.82, 2.24) is 0 Å². The van der Waals surface area contributed by atoms with E-state index in [4.69, 9.17) is 4.74 Å². The van der Waals surface area contributed by atoms with E-state index < -0.39 is 0 Å². The van der Waals surface area contributed by atoms with Crippen molar-refractivity contribution in [1.29, 1.82) is 0 Å². The van der Waals surface area contributed by atoms with Crippen LogP contribution >= 0.6 is 0 Å². The molecule has 1 atom stereocenters. The van der Waals surface area contributed by atoms with E-state index in [1.54, 1.807) is 0 Å². The van der Waals surface area contributed by atoms with Gasteiger partial charge in [-0.3, -0.25) is 4.79 Å². The van der Waals surface area contributed by atoms with Gasteiger partial charge in [0, 0.05) is 0 Å². The van der Waals surface area contributed by atoms with E-state index in [0.29, 0.717) is 6.61 Å². The molecule has 160 valence electrons. The maximum atomic E-state index is 12.1. The Bertz CT molecular complexity index is 469. The summed E-state index contributed by atoms with van der Waals surface area (Å²) in [5, 5.41) is 0. The Morgan fingerprint density at radius 2 is 1.21 bits per heavy atom. The van der Waals surface area contributed by atoms with Gasteiger partial charge in [0.05, 0.1) is 5.92 Å². The Balaban J connectivity index is 1.85. The highest BCUT2D eigenvalue weighted by Crippen LogP contribution is 2.16. The van der Waals surface area contributed by atoms with E-state index >= 15 is 0 Å². The maximum Gasteiger partial charge on any atom is 0.308 e. The first-order valence-corrected chi connectivity index (χ1v) is 11.9. The fraction of sp³-hybridized carbons (Fsp3) is 0.731. The molecule has 0 heterocycles. The first-order chi connectivity index (χ1) is 13.7. The first-order valence-electron chi connectivity index (χ1n) is 11.9. The predicted molar refractivity (Wildman–Crippen MR) is 120 cm³/mol. The molecule has 1 unspecified atom stereocenters. The Morgan fingerprint density at radius 1 is 0.750 bits per heavy atom. The number of hydrogen-bond acceptors (Lipinski definition) is 2. The zero-order valence-corrected chi connectivity index (χ0v) is 18.6. The van der Waals surface area contributed by atoms with Crippen molar-refractivity contribution in [2.75, 3.05) is 0 Å². The molecular weight excluding hydrogens is 344 g/mol. The van der Waals surface area contributed by atoms with Gasteiger partial charge in [0.2, 0.25) is 0 Å². The monoisotopic (exact) mass is 388 g/mol. The van der Waals surface area contributed by atoms with Crippen LogP contribution in [0.3, 0.4) is 0 Å². The van der Waals surface area contributed by atoms with Crippen molar-refractivity contribution in [2.24, 2.45) is 5.92 Å². The van der Waals surface area contributed by atoms with Crippen molar-refractivity contribution in [2.45, 2.75) is 117 Å². The minimum Gasteiger partial charge on any atom is -0.461 e. The van der Waals surface area contributed by atoms with Crippen LogP contribution in [0.4, 0.5) is 0 Å². The number of carbonyl (C=O) groups is 1. The Kier molecular flexibility index (Phi) is 15.7. The van der Waals surface area contributed by atoms with Gasteiger partial charge in [0.15, 0.2) is 0 Å². The topological polar surface area (TPSA) is 26.3 Å². The van der Waals surface area contributed by atoms with E-state index in [9.17, 15) is 4.79 Å². The van der Waals surface area contributed by atoms with Crippen LogP contribution in [0.1, 0.15) is 116 Å². The molecule has 0 saturated heterocycles. The second-order valence-corrected chi connectivity index (χ2v) is 8.38. The Morgan fingerprint density at radius 3 is 1.71 bits per heavy atom. The lowest BCUT2D eigenvalue weighted by Gasteiger charge is -2.11. The second kappa shape index (κ2) is 17.8. The third kappa shape index (κ3) is 13.8. The molecule has 0 aliphatic rings. The summed E-state index contributed by atoms with van der Waals surface area (Å²) < 4.78 is 5.42. The summed E-state index contributed by atoms with van der Waals surface area (Å²) in [6.07, 6.45) is 20.1. The van der Waals surface area contributed by atoms with Gasteiger partial charge in [-0.15, -0.1) is 0 Å². The van der Waals surface area contributed by atoms with Gasteiger partial charge < -0.3 is 4.74 Å². The molecule has 0 aliphatic heterocycles. The summed E-state index contributed by atoms with van der Waals surface area (Å²) in [7, 11) is 0. The average molecular weight is 389 g/mol. The third-order valence-electron chi connectivity index (χ3n) is 5.62. The number of ether oxygens (including phenoxy) is 1. The molecule has 2 nitrogen and oxygen atoms in total. The van der Waals surface area contributed by atoms with Gasteiger partial charge in [-0.1, -0.05) is 134 Å². The van der Waals surface area contributed by atoms with Gasteiger partial charge in [0.1, 0.15) is 6.61 Å². The molecule has 0 bridgehead atoms. The summed E-state index contributed by atoms with van der Waals surface area (Å²) in [6.45, 7) is 4.67. The predicted octanol–water partition coefficient (Wildman–Crippen LogP) is 8.24. The molecule has 0 saturated carbocycles. The van der Waals surface area contributed by atoms with Gasteiger partial charge in [-0.2, -0.15) is 0 Å². The summed E-state index contributed by atoms with van der Waals surface area (Å²) in [5.41, 5.74) is 1.06. The Labute approximate surface area is 174 Å². The van der Waals surface area contributed by atoms with Crippen LogP contribution in [0.25, 0.3) is 0 Å². The molecule has 0 aromatic heterocycles. The number of hydrogen-bond donors (Lipinski definition) is 0. The fourth-order valence-electron chi connectivity index (χ4n) is 3.63. The SMILES string of the molecule is CCCCCCCCCCCCCCCCC(C)C(=O)OCc1ccccc1. The minimum atomic E-state index is -0.0569. The summed E-state index contributed by atoms with van der Waals surface area (Å²) in [5.74, 6) is -0.0421. The first kappa shape index (κ1) is 24.7. The number of carbonyl (C=O) groups excluding carboxylic acids is 1. The van der Waals surface area contributed by atoms with Crippen molar-refractivity contribution in [3.05, 3.63) is 35.9 Å². The molecule has 0 spiro atoms. The molecule has 28 heavy (non-hydrogen) atoms. The molecular formula is C26H44O2. The second-order valence-electron chi connectivity index (χ2n) is 8.38. The van der Waals surface area contributed by atoms with E-state index in [0.717, 1.165) is 18.4 Å².